The van der Waals surface area contributed by atoms with Crippen LogP contribution in [0.15, 0.2) is 35.7 Å². The van der Waals surface area contributed by atoms with Gasteiger partial charge in [-0.2, -0.15) is 4.31 Å². The zero-order valence-electron chi connectivity index (χ0n) is 14.4. The first-order valence-corrected chi connectivity index (χ1v) is 9.68. The predicted octanol–water partition coefficient (Wildman–Crippen LogP) is 1.56. The summed E-state index contributed by atoms with van der Waals surface area (Å²) in [7, 11) is -3.59. The Morgan fingerprint density at radius 3 is 2.44 bits per heavy atom. The SMILES string of the molecule is Cc1cc(C)cc(C(=O)N2CCCN(S(=O)(=O)c3cnc[nH]3)CC2)c1. The van der Waals surface area contributed by atoms with E-state index in [1.165, 1.54) is 16.8 Å². The molecule has 3 rings (SSSR count). The zero-order chi connectivity index (χ0) is 18.0. The third kappa shape index (κ3) is 3.74. The molecule has 0 saturated carbocycles. The highest BCUT2D eigenvalue weighted by molar-refractivity contribution is 7.89. The molecular formula is C17H22N4O3S. The average Bonchev–Trinajstić information content (AvgIpc) is 2.98. The number of sulfonamides is 1. The molecule has 134 valence electrons. The Balaban J connectivity index is 1.74. The van der Waals surface area contributed by atoms with Gasteiger partial charge in [0.05, 0.1) is 12.5 Å². The van der Waals surface area contributed by atoms with Crippen LogP contribution >= 0.6 is 0 Å². The first-order valence-electron chi connectivity index (χ1n) is 8.24. The lowest BCUT2D eigenvalue weighted by Crippen LogP contribution is -2.37. The van der Waals surface area contributed by atoms with Gasteiger partial charge in [0.15, 0.2) is 5.03 Å². The molecule has 1 amide bonds. The van der Waals surface area contributed by atoms with E-state index in [1.807, 2.05) is 32.0 Å². The molecule has 7 nitrogen and oxygen atoms in total. The first kappa shape index (κ1) is 17.6. The molecule has 0 bridgehead atoms. The van der Waals surface area contributed by atoms with Crippen LogP contribution in [0.3, 0.4) is 0 Å². The van der Waals surface area contributed by atoms with E-state index >= 15 is 0 Å². The van der Waals surface area contributed by atoms with Gasteiger partial charge in [-0.05, 0) is 32.4 Å². The van der Waals surface area contributed by atoms with E-state index in [0.717, 1.165) is 11.1 Å². The molecular weight excluding hydrogens is 340 g/mol. The summed E-state index contributed by atoms with van der Waals surface area (Å²) >= 11 is 0. The van der Waals surface area contributed by atoms with E-state index in [1.54, 1.807) is 4.90 Å². The highest BCUT2D eigenvalue weighted by atomic mass is 32.2. The van der Waals surface area contributed by atoms with Crippen LogP contribution in [-0.2, 0) is 10.0 Å². The van der Waals surface area contributed by atoms with Crippen molar-refractivity contribution in [1.29, 1.82) is 0 Å². The summed E-state index contributed by atoms with van der Waals surface area (Å²) in [5.74, 6) is -0.0485. The van der Waals surface area contributed by atoms with Crippen molar-refractivity contribution < 1.29 is 13.2 Å². The third-order valence-electron chi connectivity index (χ3n) is 4.30. The van der Waals surface area contributed by atoms with Gasteiger partial charge in [-0.15, -0.1) is 0 Å². The number of benzene rings is 1. The highest BCUT2D eigenvalue weighted by Gasteiger charge is 2.29. The number of carbonyl (C=O) groups is 1. The van der Waals surface area contributed by atoms with Gasteiger partial charge < -0.3 is 9.88 Å². The summed E-state index contributed by atoms with van der Waals surface area (Å²) in [6, 6.07) is 5.77. The lowest BCUT2D eigenvalue weighted by molar-refractivity contribution is 0.0764. The minimum atomic E-state index is -3.59. The fourth-order valence-electron chi connectivity index (χ4n) is 3.14. The Morgan fingerprint density at radius 2 is 1.80 bits per heavy atom. The summed E-state index contributed by atoms with van der Waals surface area (Å²) in [6.07, 6.45) is 3.25. The van der Waals surface area contributed by atoms with Crippen LogP contribution in [0.4, 0.5) is 0 Å². The van der Waals surface area contributed by atoms with Crippen molar-refractivity contribution in [3.8, 4) is 0 Å². The van der Waals surface area contributed by atoms with Crippen molar-refractivity contribution >= 4 is 15.9 Å². The number of H-pyrrole nitrogens is 1. The van der Waals surface area contributed by atoms with Gasteiger partial charge in [-0.25, -0.2) is 13.4 Å². The Morgan fingerprint density at radius 1 is 1.08 bits per heavy atom. The molecule has 0 spiro atoms. The molecule has 1 fully saturated rings. The van der Waals surface area contributed by atoms with Gasteiger partial charge in [0.2, 0.25) is 0 Å². The number of rotatable bonds is 3. The summed E-state index contributed by atoms with van der Waals surface area (Å²) in [6.45, 7) is 5.51. The van der Waals surface area contributed by atoms with Crippen molar-refractivity contribution in [2.75, 3.05) is 26.2 Å². The third-order valence-corrected chi connectivity index (χ3v) is 6.13. The minimum absolute atomic E-state index is 0.0485. The second kappa shape index (κ2) is 6.97. The van der Waals surface area contributed by atoms with Gasteiger partial charge in [0.1, 0.15) is 0 Å². The van der Waals surface area contributed by atoms with E-state index in [0.29, 0.717) is 31.6 Å². The fraction of sp³-hybridized carbons (Fsp3) is 0.412. The second-order valence-electron chi connectivity index (χ2n) is 6.34. The van der Waals surface area contributed by atoms with Crippen molar-refractivity contribution in [3.63, 3.8) is 0 Å². The maximum Gasteiger partial charge on any atom is 0.260 e. The topological polar surface area (TPSA) is 86.4 Å². The number of aromatic nitrogens is 2. The summed E-state index contributed by atoms with van der Waals surface area (Å²) in [5, 5.41) is 0.0848. The maximum atomic E-state index is 12.8. The average molecular weight is 362 g/mol. The van der Waals surface area contributed by atoms with E-state index in [9.17, 15) is 13.2 Å². The molecule has 0 aliphatic carbocycles. The number of aryl methyl sites for hydroxylation is 2. The Bertz CT molecular complexity index is 842. The van der Waals surface area contributed by atoms with Crippen LogP contribution in [0.5, 0.6) is 0 Å². The fourth-order valence-corrected chi connectivity index (χ4v) is 4.51. The van der Waals surface area contributed by atoms with Crippen LogP contribution in [-0.4, -0.2) is 59.7 Å². The van der Waals surface area contributed by atoms with Crippen LogP contribution in [0.25, 0.3) is 0 Å². The molecule has 0 radical (unpaired) electrons. The summed E-state index contributed by atoms with van der Waals surface area (Å²) < 4.78 is 26.6. The van der Waals surface area contributed by atoms with Crippen LogP contribution in [0.2, 0.25) is 0 Å². The molecule has 1 aromatic heterocycles. The zero-order valence-corrected chi connectivity index (χ0v) is 15.2. The molecule has 1 saturated heterocycles. The molecule has 1 aliphatic rings. The lowest BCUT2D eigenvalue weighted by atomic mass is 10.1. The lowest BCUT2D eigenvalue weighted by Gasteiger charge is -2.22. The van der Waals surface area contributed by atoms with Gasteiger partial charge in [0.25, 0.3) is 15.9 Å². The van der Waals surface area contributed by atoms with Gasteiger partial charge >= 0.3 is 0 Å². The Labute approximate surface area is 147 Å². The Kier molecular flexibility index (Phi) is 4.91. The van der Waals surface area contributed by atoms with Gasteiger partial charge in [0, 0.05) is 31.7 Å². The molecule has 25 heavy (non-hydrogen) atoms. The molecule has 0 unspecified atom stereocenters. The smallest absolute Gasteiger partial charge is 0.260 e. The molecule has 8 heteroatoms. The molecule has 2 aromatic rings. The summed E-state index contributed by atoms with van der Waals surface area (Å²) in [5.41, 5.74) is 2.74. The van der Waals surface area contributed by atoms with Crippen molar-refractivity contribution in [2.24, 2.45) is 0 Å². The van der Waals surface area contributed by atoms with Crippen molar-refractivity contribution in [1.82, 2.24) is 19.2 Å². The second-order valence-corrected chi connectivity index (χ2v) is 8.25. The molecule has 1 aromatic carbocycles. The largest absolute Gasteiger partial charge is 0.337 e. The number of nitrogens with zero attached hydrogens (tertiary/aromatic N) is 3. The van der Waals surface area contributed by atoms with Crippen LogP contribution in [0.1, 0.15) is 27.9 Å². The molecule has 2 heterocycles. The normalized spacial score (nSPS) is 16.6. The molecule has 1 N–H and O–H groups in total. The van der Waals surface area contributed by atoms with E-state index in [2.05, 4.69) is 9.97 Å². The van der Waals surface area contributed by atoms with E-state index < -0.39 is 10.0 Å². The van der Waals surface area contributed by atoms with Crippen molar-refractivity contribution in [3.05, 3.63) is 47.4 Å². The highest BCUT2D eigenvalue weighted by Crippen LogP contribution is 2.17. The first-order chi connectivity index (χ1) is 11.9. The van der Waals surface area contributed by atoms with Gasteiger partial charge in [-0.1, -0.05) is 17.2 Å². The van der Waals surface area contributed by atoms with Crippen LogP contribution < -0.4 is 0 Å². The van der Waals surface area contributed by atoms with E-state index in [-0.39, 0.29) is 17.5 Å². The molecule has 0 atom stereocenters. The maximum absolute atomic E-state index is 12.8. The minimum Gasteiger partial charge on any atom is -0.337 e. The van der Waals surface area contributed by atoms with Gasteiger partial charge in [-0.3, -0.25) is 4.79 Å². The number of hydrogen-bond acceptors (Lipinski definition) is 4. The monoisotopic (exact) mass is 362 g/mol. The number of carbonyl (C=O) groups excluding carboxylic acids is 1. The molecule has 1 aliphatic heterocycles. The quantitative estimate of drug-likeness (QED) is 0.898. The summed E-state index contributed by atoms with van der Waals surface area (Å²) in [4.78, 5) is 20.9. The number of hydrogen-bond donors (Lipinski definition) is 1. The van der Waals surface area contributed by atoms with Crippen molar-refractivity contribution in [2.45, 2.75) is 25.3 Å². The number of imidazole rings is 1. The number of amides is 1. The predicted molar refractivity (Wildman–Crippen MR) is 93.8 cm³/mol. The van der Waals surface area contributed by atoms with Crippen LogP contribution in [0, 0.1) is 13.8 Å². The Hall–Kier alpha value is -2.19. The van der Waals surface area contributed by atoms with E-state index in [4.69, 9.17) is 0 Å². The number of nitrogens with one attached hydrogen (secondary N) is 1. The number of aromatic amines is 1. The standard InChI is InChI=1S/C17H22N4O3S/c1-13-8-14(2)10-15(9-13)17(22)20-4-3-5-21(7-6-20)25(23,24)16-11-18-12-19-16/h8-12H,3-7H2,1-2H3,(H,18,19).